The van der Waals surface area contributed by atoms with Gasteiger partial charge in [-0.2, -0.15) is 0 Å². The van der Waals surface area contributed by atoms with E-state index in [4.69, 9.17) is 11.6 Å². The average molecular weight is 421 g/mol. The first-order valence-corrected chi connectivity index (χ1v) is 9.72. The third kappa shape index (κ3) is 3.48. The Hall–Kier alpha value is -3.44. The van der Waals surface area contributed by atoms with E-state index in [0.29, 0.717) is 16.9 Å². The Morgan fingerprint density at radius 3 is 2.23 bits per heavy atom. The van der Waals surface area contributed by atoms with Crippen molar-refractivity contribution in [3.63, 3.8) is 0 Å². The molecule has 0 radical (unpaired) electrons. The summed E-state index contributed by atoms with van der Waals surface area (Å²) < 4.78 is 13.5. The minimum Gasteiger partial charge on any atom is -0.350 e. The van der Waals surface area contributed by atoms with Crippen LogP contribution in [0.25, 0.3) is 5.57 Å². The molecule has 0 spiro atoms. The van der Waals surface area contributed by atoms with Crippen molar-refractivity contribution in [3.05, 3.63) is 100.0 Å². The summed E-state index contributed by atoms with van der Waals surface area (Å²) in [5, 5.41) is 3.38. The lowest BCUT2D eigenvalue weighted by Crippen LogP contribution is -2.32. The van der Waals surface area contributed by atoms with Crippen LogP contribution >= 0.6 is 11.6 Å². The van der Waals surface area contributed by atoms with Crippen LogP contribution in [0.3, 0.4) is 0 Å². The number of halogens is 2. The van der Waals surface area contributed by atoms with E-state index in [1.807, 2.05) is 32.0 Å². The highest BCUT2D eigenvalue weighted by atomic mass is 35.5. The number of carbonyl (C=O) groups is 2. The molecule has 1 aliphatic rings. The summed E-state index contributed by atoms with van der Waals surface area (Å²) in [6, 6.07) is 17.8. The van der Waals surface area contributed by atoms with Crippen molar-refractivity contribution in [1.29, 1.82) is 0 Å². The molecule has 1 aliphatic heterocycles. The van der Waals surface area contributed by atoms with Gasteiger partial charge in [0.1, 0.15) is 11.5 Å². The minimum atomic E-state index is -0.523. The van der Waals surface area contributed by atoms with Gasteiger partial charge >= 0.3 is 0 Å². The number of hydrogen-bond acceptors (Lipinski definition) is 3. The van der Waals surface area contributed by atoms with Gasteiger partial charge in [-0.3, -0.25) is 9.59 Å². The highest BCUT2D eigenvalue weighted by Crippen LogP contribution is 2.36. The van der Waals surface area contributed by atoms with E-state index in [1.54, 1.807) is 24.3 Å². The molecule has 1 heterocycles. The van der Waals surface area contributed by atoms with Crippen LogP contribution < -0.4 is 10.2 Å². The van der Waals surface area contributed by atoms with Gasteiger partial charge in [0.2, 0.25) is 0 Å². The molecule has 0 atom stereocenters. The van der Waals surface area contributed by atoms with Gasteiger partial charge in [0.25, 0.3) is 11.8 Å². The van der Waals surface area contributed by atoms with Crippen molar-refractivity contribution in [2.24, 2.45) is 0 Å². The second-order valence-electron chi connectivity index (χ2n) is 7.08. The van der Waals surface area contributed by atoms with E-state index < -0.39 is 17.6 Å². The highest BCUT2D eigenvalue weighted by Gasteiger charge is 2.41. The molecule has 0 aromatic heterocycles. The normalized spacial score (nSPS) is 13.9. The number of anilines is 2. The van der Waals surface area contributed by atoms with Crippen LogP contribution in [-0.4, -0.2) is 11.8 Å². The van der Waals surface area contributed by atoms with Crippen LogP contribution in [0.4, 0.5) is 15.8 Å². The Kier molecular flexibility index (Phi) is 5.14. The lowest BCUT2D eigenvalue weighted by molar-refractivity contribution is -0.120. The third-order valence-corrected chi connectivity index (χ3v) is 5.41. The van der Waals surface area contributed by atoms with Crippen LogP contribution in [0.15, 0.2) is 72.4 Å². The molecular weight excluding hydrogens is 403 g/mol. The van der Waals surface area contributed by atoms with Crippen molar-refractivity contribution < 1.29 is 14.0 Å². The quantitative estimate of drug-likeness (QED) is 0.567. The van der Waals surface area contributed by atoms with Crippen molar-refractivity contribution in [2.45, 2.75) is 13.8 Å². The molecular formula is C24H18ClFN2O2. The molecule has 30 heavy (non-hydrogen) atoms. The zero-order valence-corrected chi connectivity index (χ0v) is 17.1. The largest absolute Gasteiger partial charge is 0.350 e. The molecule has 1 N–H and O–H groups in total. The van der Waals surface area contributed by atoms with E-state index in [9.17, 15) is 14.0 Å². The summed E-state index contributed by atoms with van der Waals surface area (Å²) in [5.41, 5.74) is 3.85. The first-order chi connectivity index (χ1) is 14.4. The fourth-order valence-corrected chi connectivity index (χ4v) is 3.57. The first kappa shape index (κ1) is 19.9. The highest BCUT2D eigenvalue weighted by molar-refractivity contribution is 6.48. The minimum absolute atomic E-state index is 0.120. The van der Waals surface area contributed by atoms with Crippen LogP contribution in [0.2, 0.25) is 5.02 Å². The summed E-state index contributed by atoms with van der Waals surface area (Å²) >= 11 is 6.26. The van der Waals surface area contributed by atoms with Gasteiger partial charge < -0.3 is 5.32 Å². The summed E-state index contributed by atoms with van der Waals surface area (Å²) in [7, 11) is 0. The number of nitrogens with one attached hydrogen (secondary N) is 1. The van der Waals surface area contributed by atoms with Crippen LogP contribution in [0.5, 0.6) is 0 Å². The van der Waals surface area contributed by atoms with Gasteiger partial charge in [-0.25, -0.2) is 9.29 Å². The van der Waals surface area contributed by atoms with E-state index in [0.717, 1.165) is 16.0 Å². The second-order valence-corrected chi connectivity index (χ2v) is 7.49. The molecule has 3 aromatic carbocycles. The average Bonchev–Trinajstić information content (AvgIpc) is 2.96. The molecule has 0 aliphatic carbocycles. The summed E-state index contributed by atoms with van der Waals surface area (Å²) in [6.07, 6.45) is 0. The van der Waals surface area contributed by atoms with Crippen LogP contribution in [0, 0.1) is 19.7 Å². The number of benzene rings is 3. The summed E-state index contributed by atoms with van der Waals surface area (Å²) in [5.74, 6) is -1.47. The number of para-hydroxylation sites is 1. The maximum Gasteiger partial charge on any atom is 0.282 e. The fourth-order valence-electron chi connectivity index (χ4n) is 3.35. The predicted octanol–water partition coefficient (Wildman–Crippen LogP) is 5.49. The topological polar surface area (TPSA) is 49.4 Å². The number of amides is 2. The lowest BCUT2D eigenvalue weighted by atomic mass is 10.0. The molecule has 0 saturated carbocycles. The molecule has 6 heteroatoms. The Morgan fingerprint density at radius 2 is 1.57 bits per heavy atom. The number of aryl methyl sites for hydroxylation is 2. The van der Waals surface area contributed by atoms with Crippen LogP contribution in [0.1, 0.15) is 16.7 Å². The standard InChI is InChI=1S/C24H18ClFN2O2/c1-14-7-12-18(13-15(14)2)27-22-21(16-8-10-17(26)11-9-16)23(29)28(24(22)30)20-6-4-3-5-19(20)25/h3-13,27H,1-2H3. The van der Waals surface area contributed by atoms with E-state index in [1.165, 1.54) is 24.3 Å². The van der Waals surface area contributed by atoms with Gasteiger partial charge in [-0.1, -0.05) is 41.9 Å². The van der Waals surface area contributed by atoms with E-state index in [-0.39, 0.29) is 16.3 Å². The predicted molar refractivity (Wildman–Crippen MR) is 117 cm³/mol. The Bertz CT molecular complexity index is 1200. The molecule has 0 fully saturated rings. The monoisotopic (exact) mass is 420 g/mol. The van der Waals surface area contributed by atoms with Crippen molar-refractivity contribution in [1.82, 2.24) is 0 Å². The number of hydrogen-bond donors (Lipinski definition) is 1. The smallest absolute Gasteiger partial charge is 0.282 e. The van der Waals surface area contributed by atoms with Gasteiger partial charge in [-0.05, 0) is 66.9 Å². The molecule has 2 amide bonds. The summed E-state index contributed by atoms with van der Waals surface area (Å²) in [4.78, 5) is 27.7. The SMILES string of the molecule is Cc1ccc(NC2=C(c3ccc(F)cc3)C(=O)N(c3ccccc3Cl)C2=O)cc1C. The van der Waals surface area contributed by atoms with Crippen molar-refractivity contribution >= 4 is 40.4 Å². The lowest BCUT2D eigenvalue weighted by Gasteiger charge is -2.17. The number of rotatable bonds is 4. The first-order valence-electron chi connectivity index (χ1n) is 9.34. The zero-order chi connectivity index (χ0) is 21.4. The van der Waals surface area contributed by atoms with Gasteiger partial charge in [-0.15, -0.1) is 0 Å². The van der Waals surface area contributed by atoms with Crippen LogP contribution in [-0.2, 0) is 9.59 Å². The van der Waals surface area contributed by atoms with E-state index >= 15 is 0 Å². The molecule has 150 valence electrons. The maximum absolute atomic E-state index is 13.5. The fraction of sp³-hybridized carbons (Fsp3) is 0.0833. The molecule has 0 saturated heterocycles. The molecule has 0 bridgehead atoms. The third-order valence-electron chi connectivity index (χ3n) is 5.09. The molecule has 0 unspecified atom stereocenters. The van der Waals surface area contributed by atoms with Gasteiger partial charge in [0.05, 0.1) is 16.3 Å². The zero-order valence-electron chi connectivity index (χ0n) is 16.4. The Morgan fingerprint density at radius 1 is 0.867 bits per heavy atom. The van der Waals surface area contributed by atoms with E-state index in [2.05, 4.69) is 5.32 Å². The maximum atomic E-state index is 13.5. The Labute approximate surface area is 178 Å². The number of imide groups is 1. The summed E-state index contributed by atoms with van der Waals surface area (Å²) in [6.45, 7) is 3.96. The Balaban J connectivity index is 1.84. The van der Waals surface area contributed by atoms with Gasteiger partial charge in [0.15, 0.2) is 0 Å². The second kappa shape index (κ2) is 7.76. The van der Waals surface area contributed by atoms with Crippen molar-refractivity contribution in [3.8, 4) is 0 Å². The molecule has 4 nitrogen and oxygen atoms in total. The number of carbonyl (C=O) groups excluding carboxylic acids is 2. The van der Waals surface area contributed by atoms with Gasteiger partial charge in [0, 0.05) is 5.69 Å². The molecule has 3 aromatic rings. The number of nitrogens with zero attached hydrogens (tertiary/aromatic N) is 1. The molecule has 4 rings (SSSR count). The van der Waals surface area contributed by atoms with Crippen molar-refractivity contribution in [2.75, 3.05) is 10.2 Å².